The van der Waals surface area contributed by atoms with Gasteiger partial charge >= 0.3 is 5.97 Å². The van der Waals surface area contributed by atoms with Crippen LogP contribution in [-0.4, -0.2) is 34.9 Å². The summed E-state index contributed by atoms with van der Waals surface area (Å²) >= 11 is 0. The summed E-state index contributed by atoms with van der Waals surface area (Å²) in [5.74, 6) is -1.19. The highest BCUT2D eigenvalue weighted by atomic mass is 16.6. The molecule has 0 aliphatic carbocycles. The quantitative estimate of drug-likeness (QED) is 0.216. The van der Waals surface area contributed by atoms with Gasteiger partial charge in [0.1, 0.15) is 6.04 Å². The van der Waals surface area contributed by atoms with Gasteiger partial charge in [-0.2, -0.15) is 0 Å². The smallest absolute Gasteiger partial charge is 0.328 e. The van der Waals surface area contributed by atoms with E-state index in [0.29, 0.717) is 32.9 Å². The Morgan fingerprint density at radius 2 is 1.53 bits per heavy atom. The van der Waals surface area contributed by atoms with Gasteiger partial charge in [-0.15, -0.1) is 0 Å². The third-order valence-electron chi connectivity index (χ3n) is 5.22. The molecular formula is C24H19N3O5. The number of nitrogens with zero attached hydrogens (tertiary/aromatic N) is 2. The van der Waals surface area contributed by atoms with Crippen LogP contribution in [0.3, 0.4) is 0 Å². The summed E-state index contributed by atoms with van der Waals surface area (Å²) in [6.07, 6.45) is -0.0868. The van der Waals surface area contributed by atoms with E-state index in [0.717, 1.165) is 0 Å². The Balaban J connectivity index is 1.76. The topological polar surface area (TPSA) is 111 Å². The molecule has 4 rings (SSSR count). The number of hydrogen-bond acceptors (Lipinski definition) is 6. The fourth-order valence-electron chi connectivity index (χ4n) is 3.73. The van der Waals surface area contributed by atoms with Gasteiger partial charge in [0.15, 0.2) is 0 Å². The van der Waals surface area contributed by atoms with E-state index in [-0.39, 0.29) is 12.1 Å². The van der Waals surface area contributed by atoms with Gasteiger partial charge in [0.25, 0.3) is 11.6 Å². The second-order valence-electron chi connectivity index (χ2n) is 7.16. The maximum absolute atomic E-state index is 13.4. The number of methoxy groups -OCH3 is 1. The highest BCUT2D eigenvalue weighted by molar-refractivity contribution is 6.16. The minimum absolute atomic E-state index is 0.0868. The highest BCUT2D eigenvalue weighted by Gasteiger charge is 2.27. The molecule has 3 aromatic carbocycles. The van der Waals surface area contributed by atoms with Gasteiger partial charge in [0.2, 0.25) is 0 Å². The molecule has 1 N–H and O–H groups in total. The zero-order chi connectivity index (χ0) is 22.7. The number of esters is 1. The van der Waals surface area contributed by atoms with Gasteiger partial charge in [-0.1, -0.05) is 54.6 Å². The van der Waals surface area contributed by atoms with Crippen LogP contribution in [0.15, 0.2) is 72.8 Å². The normalized spacial score (nSPS) is 11.8. The standard InChI is InChI=1S/C24H19N3O5/c1-32-24(29)20(14-15-8-2-7-13-21(15)27(30)31)26-23(28)22-16-9-3-5-11-18(16)25-19-12-6-4-10-17(19)22/h2-13,20H,14H2,1H3,(H,26,28)/t20-/m0/s1. The molecule has 0 unspecified atom stereocenters. The third-order valence-corrected chi connectivity index (χ3v) is 5.22. The van der Waals surface area contributed by atoms with Crippen LogP contribution in [-0.2, 0) is 16.0 Å². The molecule has 0 bridgehead atoms. The molecule has 0 saturated carbocycles. The monoisotopic (exact) mass is 429 g/mol. The van der Waals surface area contributed by atoms with Gasteiger partial charge in [0.05, 0.1) is 28.6 Å². The van der Waals surface area contributed by atoms with Crippen molar-refractivity contribution in [3.8, 4) is 0 Å². The first-order chi connectivity index (χ1) is 15.5. The van der Waals surface area contributed by atoms with E-state index in [1.165, 1.54) is 13.2 Å². The predicted octanol–water partition coefficient (Wildman–Crippen LogP) is 3.81. The molecule has 0 fully saturated rings. The van der Waals surface area contributed by atoms with Crippen LogP contribution in [0.4, 0.5) is 5.69 Å². The Morgan fingerprint density at radius 3 is 2.12 bits per heavy atom. The number of nitrogens with one attached hydrogen (secondary N) is 1. The Morgan fingerprint density at radius 1 is 0.969 bits per heavy atom. The Hall–Kier alpha value is -4.33. The number of ether oxygens (including phenoxy) is 1. The molecule has 8 nitrogen and oxygen atoms in total. The lowest BCUT2D eigenvalue weighted by molar-refractivity contribution is -0.385. The maximum atomic E-state index is 13.4. The van der Waals surface area contributed by atoms with Crippen molar-refractivity contribution in [3.05, 3.63) is 94.0 Å². The molecule has 4 aromatic rings. The molecule has 160 valence electrons. The number of hydrogen-bond donors (Lipinski definition) is 1. The Kier molecular flexibility index (Phi) is 5.76. The first kappa shape index (κ1) is 20.9. The highest BCUT2D eigenvalue weighted by Crippen LogP contribution is 2.26. The number of para-hydroxylation sites is 3. The van der Waals surface area contributed by atoms with Crippen LogP contribution in [0, 0.1) is 10.1 Å². The second-order valence-corrected chi connectivity index (χ2v) is 7.16. The number of fused-ring (bicyclic) bond motifs is 2. The van der Waals surface area contributed by atoms with Gasteiger partial charge in [-0.05, 0) is 12.1 Å². The van der Waals surface area contributed by atoms with Crippen LogP contribution in [0.1, 0.15) is 15.9 Å². The zero-order valence-corrected chi connectivity index (χ0v) is 17.1. The van der Waals surface area contributed by atoms with E-state index in [1.807, 2.05) is 24.3 Å². The van der Waals surface area contributed by atoms with Crippen LogP contribution in [0.5, 0.6) is 0 Å². The van der Waals surface area contributed by atoms with E-state index in [1.54, 1.807) is 42.5 Å². The number of nitro benzene ring substituents is 1. The first-order valence-electron chi connectivity index (χ1n) is 9.88. The molecule has 0 saturated heterocycles. The number of aromatic nitrogens is 1. The van der Waals surface area contributed by atoms with Crippen molar-refractivity contribution in [3.63, 3.8) is 0 Å². The summed E-state index contributed by atoms with van der Waals surface area (Å²) in [6.45, 7) is 0. The van der Waals surface area contributed by atoms with Gasteiger partial charge < -0.3 is 10.1 Å². The molecule has 32 heavy (non-hydrogen) atoms. The van der Waals surface area contributed by atoms with Crippen molar-refractivity contribution in [1.82, 2.24) is 10.3 Å². The lowest BCUT2D eigenvalue weighted by atomic mass is 10.00. The lowest BCUT2D eigenvalue weighted by Gasteiger charge is -2.18. The first-order valence-corrected chi connectivity index (χ1v) is 9.88. The minimum atomic E-state index is -1.11. The molecule has 0 aliphatic rings. The molecule has 1 heterocycles. The van der Waals surface area contributed by atoms with E-state index < -0.39 is 22.8 Å². The van der Waals surface area contributed by atoms with Crippen LogP contribution < -0.4 is 5.32 Å². The van der Waals surface area contributed by atoms with Crippen molar-refractivity contribution < 1.29 is 19.2 Å². The number of carbonyl (C=O) groups excluding carboxylic acids is 2. The summed E-state index contributed by atoms with van der Waals surface area (Å²) < 4.78 is 4.86. The third kappa shape index (κ3) is 3.98. The Labute approximate surface area is 183 Å². The fraction of sp³-hybridized carbons (Fsp3) is 0.125. The predicted molar refractivity (Wildman–Crippen MR) is 119 cm³/mol. The van der Waals surface area contributed by atoms with Gasteiger partial charge in [-0.25, -0.2) is 9.78 Å². The molecule has 1 amide bonds. The van der Waals surface area contributed by atoms with Crippen molar-refractivity contribution >= 4 is 39.4 Å². The molecular weight excluding hydrogens is 410 g/mol. The van der Waals surface area contributed by atoms with Crippen molar-refractivity contribution in [2.45, 2.75) is 12.5 Å². The van der Waals surface area contributed by atoms with E-state index in [9.17, 15) is 19.7 Å². The molecule has 8 heteroatoms. The number of amides is 1. The molecule has 0 radical (unpaired) electrons. The fourth-order valence-corrected chi connectivity index (χ4v) is 3.73. The average molecular weight is 429 g/mol. The number of rotatable bonds is 6. The van der Waals surface area contributed by atoms with Crippen LogP contribution in [0.25, 0.3) is 21.8 Å². The van der Waals surface area contributed by atoms with Crippen molar-refractivity contribution in [2.75, 3.05) is 7.11 Å². The van der Waals surface area contributed by atoms with Crippen LogP contribution in [0.2, 0.25) is 0 Å². The summed E-state index contributed by atoms with van der Waals surface area (Å²) in [7, 11) is 1.21. The SMILES string of the molecule is COC(=O)[C@H](Cc1ccccc1[N+](=O)[O-])NC(=O)c1c2ccccc2nc2ccccc12. The summed E-state index contributed by atoms with van der Waals surface area (Å²) in [5.41, 5.74) is 1.85. The van der Waals surface area contributed by atoms with E-state index in [4.69, 9.17) is 4.74 Å². The zero-order valence-electron chi connectivity index (χ0n) is 17.1. The summed E-state index contributed by atoms with van der Waals surface area (Å²) in [5, 5.41) is 15.4. The Bertz CT molecular complexity index is 1300. The molecule has 0 aliphatic heterocycles. The number of nitro groups is 1. The maximum Gasteiger partial charge on any atom is 0.328 e. The molecule has 0 spiro atoms. The number of pyridine rings is 1. The second kappa shape index (κ2) is 8.81. The minimum Gasteiger partial charge on any atom is -0.467 e. The lowest BCUT2D eigenvalue weighted by Crippen LogP contribution is -2.43. The number of carbonyl (C=O) groups is 2. The average Bonchev–Trinajstić information content (AvgIpc) is 2.81. The summed E-state index contributed by atoms with van der Waals surface area (Å²) in [4.78, 5) is 41.4. The largest absolute Gasteiger partial charge is 0.467 e. The van der Waals surface area contributed by atoms with Crippen molar-refractivity contribution in [2.24, 2.45) is 0 Å². The van der Waals surface area contributed by atoms with Gasteiger partial charge in [-0.3, -0.25) is 14.9 Å². The van der Waals surface area contributed by atoms with E-state index >= 15 is 0 Å². The van der Waals surface area contributed by atoms with Gasteiger partial charge in [0, 0.05) is 28.8 Å². The number of benzene rings is 3. The summed E-state index contributed by atoms with van der Waals surface area (Å²) in [6, 6.07) is 19.5. The van der Waals surface area contributed by atoms with Crippen LogP contribution >= 0.6 is 0 Å². The van der Waals surface area contributed by atoms with E-state index in [2.05, 4.69) is 10.3 Å². The molecule has 1 atom stereocenters. The molecule has 1 aromatic heterocycles. The van der Waals surface area contributed by atoms with Crippen molar-refractivity contribution in [1.29, 1.82) is 0 Å².